The Hall–Kier alpha value is -1.13. The maximum Gasteiger partial charge on any atom is 0.165 e. The molecule has 4 nitrogen and oxygen atoms in total. The van der Waals surface area contributed by atoms with Crippen LogP contribution in [0.2, 0.25) is 5.02 Å². The molecule has 0 aliphatic rings. The molecule has 1 aromatic rings. The van der Waals surface area contributed by atoms with Gasteiger partial charge in [-0.05, 0) is 12.5 Å². The van der Waals surface area contributed by atoms with E-state index in [0.29, 0.717) is 28.8 Å². The summed E-state index contributed by atoms with van der Waals surface area (Å²) in [5.41, 5.74) is 6.50. The first-order valence-electron chi connectivity index (χ1n) is 5.29. The first-order valence-corrected chi connectivity index (χ1v) is 5.66. The highest BCUT2D eigenvalue weighted by Gasteiger charge is 2.22. The molecule has 0 radical (unpaired) electrons. The molecule has 2 N–H and O–H groups in total. The van der Waals surface area contributed by atoms with E-state index in [4.69, 9.17) is 31.5 Å². The highest BCUT2D eigenvalue weighted by atomic mass is 35.5. The standard InChI is InChI=1S/C12H18ClNO3/c1-7(6-14)10-11(13)8(15-2)5-9(16-3)12(10)17-4/h5,7H,6,14H2,1-4H3. The van der Waals surface area contributed by atoms with Gasteiger partial charge in [0.05, 0.1) is 26.4 Å². The number of nitrogens with two attached hydrogens (primary N) is 1. The molecule has 1 aromatic carbocycles. The number of hydrogen-bond acceptors (Lipinski definition) is 4. The molecule has 0 saturated carbocycles. The van der Waals surface area contributed by atoms with Crippen LogP contribution in [0.15, 0.2) is 6.07 Å². The second-order valence-electron chi connectivity index (χ2n) is 3.68. The molecule has 0 heterocycles. The normalized spacial score (nSPS) is 12.1. The van der Waals surface area contributed by atoms with Crippen molar-refractivity contribution in [1.29, 1.82) is 0 Å². The molecule has 1 atom stereocenters. The van der Waals surface area contributed by atoms with Gasteiger partial charge in [0.25, 0.3) is 0 Å². The fourth-order valence-corrected chi connectivity index (χ4v) is 2.09. The summed E-state index contributed by atoms with van der Waals surface area (Å²) >= 11 is 6.28. The van der Waals surface area contributed by atoms with Crippen LogP contribution >= 0.6 is 11.6 Å². The Labute approximate surface area is 107 Å². The van der Waals surface area contributed by atoms with Crippen molar-refractivity contribution in [3.63, 3.8) is 0 Å². The lowest BCUT2D eigenvalue weighted by atomic mass is 9.99. The van der Waals surface area contributed by atoms with Crippen LogP contribution in [0.4, 0.5) is 0 Å². The van der Waals surface area contributed by atoms with Crippen LogP contribution < -0.4 is 19.9 Å². The van der Waals surface area contributed by atoms with E-state index in [2.05, 4.69) is 0 Å². The maximum atomic E-state index is 6.28. The van der Waals surface area contributed by atoms with Gasteiger partial charge in [0, 0.05) is 11.6 Å². The summed E-state index contributed by atoms with van der Waals surface area (Å²) < 4.78 is 15.8. The van der Waals surface area contributed by atoms with Gasteiger partial charge in [0.1, 0.15) is 5.75 Å². The summed E-state index contributed by atoms with van der Waals surface area (Å²) in [7, 11) is 4.71. The van der Waals surface area contributed by atoms with E-state index in [9.17, 15) is 0 Å². The summed E-state index contributed by atoms with van der Waals surface area (Å²) in [5, 5.41) is 0.517. The smallest absolute Gasteiger partial charge is 0.165 e. The number of ether oxygens (including phenoxy) is 3. The van der Waals surface area contributed by atoms with E-state index >= 15 is 0 Å². The second kappa shape index (κ2) is 5.98. The lowest BCUT2D eigenvalue weighted by molar-refractivity contribution is 0.344. The number of hydrogen-bond donors (Lipinski definition) is 1. The summed E-state index contributed by atoms with van der Waals surface area (Å²) in [6, 6.07) is 1.70. The van der Waals surface area contributed by atoms with Crippen LogP contribution in [0, 0.1) is 0 Å². The summed E-state index contributed by atoms with van der Waals surface area (Å²) in [6.45, 7) is 2.44. The first kappa shape index (κ1) is 13.9. The van der Waals surface area contributed by atoms with Gasteiger partial charge >= 0.3 is 0 Å². The topological polar surface area (TPSA) is 53.7 Å². The van der Waals surface area contributed by atoms with Gasteiger partial charge < -0.3 is 19.9 Å². The van der Waals surface area contributed by atoms with Crippen LogP contribution in [0.1, 0.15) is 18.4 Å². The Morgan fingerprint density at radius 3 is 2.18 bits per heavy atom. The van der Waals surface area contributed by atoms with E-state index in [1.165, 1.54) is 0 Å². The van der Waals surface area contributed by atoms with Crippen LogP contribution in [0.5, 0.6) is 17.2 Å². The van der Waals surface area contributed by atoms with Crippen molar-refractivity contribution in [1.82, 2.24) is 0 Å². The molecule has 1 rings (SSSR count). The minimum absolute atomic E-state index is 0.0569. The molecular weight excluding hydrogens is 242 g/mol. The molecule has 96 valence electrons. The summed E-state index contributed by atoms with van der Waals surface area (Å²) in [4.78, 5) is 0. The second-order valence-corrected chi connectivity index (χ2v) is 4.06. The lowest BCUT2D eigenvalue weighted by Gasteiger charge is -2.20. The number of halogens is 1. The molecular formula is C12H18ClNO3. The van der Waals surface area contributed by atoms with Crippen LogP contribution in [0.25, 0.3) is 0 Å². The SMILES string of the molecule is COc1cc(OC)c(OC)c(C(C)CN)c1Cl. The third-order valence-corrected chi connectivity index (χ3v) is 3.06. The summed E-state index contributed by atoms with van der Waals surface area (Å²) in [6.07, 6.45) is 0. The highest BCUT2D eigenvalue weighted by Crippen LogP contribution is 2.45. The van der Waals surface area contributed by atoms with Crippen molar-refractivity contribution in [2.45, 2.75) is 12.8 Å². The maximum absolute atomic E-state index is 6.28. The Morgan fingerprint density at radius 1 is 1.18 bits per heavy atom. The van der Waals surface area contributed by atoms with Gasteiger partial charge in [0.2, 0.25) is 0 Å². The average molecular weight is 260 g/mol. The zero-order valence-electron chi connectivity index (χ0n) is 10.5. The lowest BCUT2D eigenvalue weighted by Crippen LogP contribution is -2.11. The van der Waals surface area contributed by atoms with Crippen LogP contribution in [-0.2, 0) is 0 Å². The van der Waals surface area contributed by atoms with Crippen molar-refractivity contribution < 1.29 is 14.2 Å². The molecule has 0 saturated heterocycles. The molecule has 0 aromatic heterocycles. The number of methoxy groups -OCH3 is 3. The van der Waals surface area contributed by atoms with Gasteiger partial charge in [-0.25, -0.2) is 0 Å². The van der Waals surface area contributed by atoms with Gasteiger partial charge in [-0.15, -0.1) is 0 Å². The van der Waals surface area contributed by atoms with Gasteiger partial charge in [-0.2, -0.15) is 0 Å². The predicted molar refractivity (Wildman–Crippen MR) is 68.6 cm³/mol. The predicted octanol–water partition coefficient (Wildman–Crippen LogP) is 2.43. The zero-order chi connectivity index (χ0) is 13.0. The van der Waals surface area contributed by atoms with Gasteiger partial charge in [-0.3, -0.25) is 0 Å². The molecule has 0 bridgehead atoms. The van der Waals surface area contributed by atoms with Crippen LogP contribution in [0.3, 0.4) is 0 Å². The Kier molecular flexibility index (Phi) is 4.90. The highest BCUT2D eigenvalue weighted by molar-refractivity contribution is 6.33. The molecule has 0 aliphatic carbocycles. The van der Waals surface area contributed by atoms with Gasteiger partial charge in [0.15, 0.2) is 11.5 Å². The summed E-state index contributed by atoms with van der Waals surface area (Å²) in [5.74, 6) is 1.81. The molecule has 0 spiro atoms. The van der Waals surface area contributed by atoms with E-state index in [-0.39, 0.29) is 5.92 Å². The minimum atomic E-state index is 0.0569. The zero-order valence-corrected chi connectivity index (χ0v) is 11.3. The van der Waals surface area contributed by atoms with E-state index in [1.807, 2.05) is 6.92 Å². The minimum Gasteiger partial charge on any atom is -0.495 e. The molecule has 0 aliphatic heterocycles. The van der Waals surface area contributed by atoms with Gasteiger partial charge in [-0.1, -0.05) is 18.5 Å². The number of benzene rings is 1. The third kappa shape index (κ3) is 2.58. The van der Waals surface area contributed by atoms with Crippen molar-refractivity contribution in [2.24, 2.45) is 5.73 Å². The quantitative estimate of drug-likeness (QED) is 0.882. The van der Waals surface area contributed by atoms with Crippen molar-refractivity contribution in [3.05, 3.63) is 16.7 Å². The molecule has 0 amide bonds. The fraction of sp³-hybridized carbons (Fsp3) is 0.500. The monoisotopic (exact) mass is 259 g/mol. The fourth-order valence-electron chi connectivity index (χ4n) is 1.68. The van der Waals surface area contributed by atoms with Crippen molar-refractivity contribution in [3.8, 4) is 17.2 Å². The van der Waals surface area contributed by atoms with Crippen LogP contribution in [-0.4, -0.2) is 27.9 Å². The van der Waals surface area contributed by atoms with E-state index < -0.39 is 0 Å². The Morgan fingerprint density at radius 2 is 1.76 bits per heavy atom. The third-order valence-electron chi connectivity index (χ3n) is 2.67. The van der Waals surface area contributed by atoms with Crippen molar-refractivity contribution in [2.75, 3.05) is 27.9 Å². The average Bonchev–Trinajstić information content (AvgIpc) is 2.36. The van der Waals surface area contributed by atoms with Crippen molar-refractivity contribution >= 4 is 11.6 Å². The molecule has 1 unspecified atom stereocenters. The molecule has 0 fully saturated rings. The largest absolute Gasteiger partial charge is 0.495 e. The van der Waals surface area contributed by atoms with E-state index in [1.54, 1.807) is 27.4 Å². The first-order chi connectivity index (χ1) is 8.10. The Bertz CT molecular complexity index is 396. The Balaban J connectivity index is 3.49. The number of rotatable bonds is 5. The molecule has 5 heteroatoms. The molecule has 17 heavy (non-hydrogen) atoms. The van der Waals surface area contributed by atoms with E-state index in [0.717, 1.165) is 5.56 Å².